The molecule has 3 N–H and O–H groups in total. The maximum atomic E-state index is 12.8. The van der Waals surface area contributed by atoms with Gasteiger partial charge >= 0.3 is 0 Å². The molecule has 1 amide bonds. The molecule has 3 aromatic heterocycles. The Bertz CT molecular complexity index is 1560. The largest absolute Gasteiger partial charge is 0.393 e. The van der Waals surface area contributed by atoms with E-state index >= 15 is 0 Å². The van der Waals surface area contributed by atoms with Gasteiger partial charge in [-0.05, 0) is 73.3 Å². The van der Waals surface area contributed by atoms with Gasteiger partial charge in [0, 0.05) is 42.5 Å². The number of anilines is 3. The zero-order chi connectivity index (χ0) is 27.2. The van der Waals surface area contributed by atoms with Crippen LogP contribution in [-0.4, -0.2) is 49.6 Å². The first-order valence-corrected chi connectivity index (χ1v) is 14.4. The summed E-state index contributed by atoms with van der Waals surface area (Å²) in [6.45, 7) is 2.16. The summed E-state index contributed by atoms with van der Waals surface area (Å²) in [4.78, 5) is 28.7. The van der Waals surface area contributed by atoms with Crippen LogP contribution < -0.4 is 15.5 Å². The Morgan fingerprint density at radius 1 is 1.02 bits per heavy atom. The molecule has 4 aromatic rings. The molecule has 9 nitrogen and oxygen atoms in total. The maximum absolute atomic E-state index is 12.8. The quantitative estimate of drug-likeness (QED) is 0.281. The highest BCUT2D eigenvalue weighted by molar-refractivity contribution is 6.30. The van der Waals surface area contributed by atoms with Gasteiger partial charge in [0.25, 0.3) is 0 Å². The second-order valence-electron chi connectivity index (χ2n) is 11.2. The van der Waals surface area contributed by atoms with E-state index in [0.29, 0.717) is 29.1 Å². The maximum Gasteiger partial charge on any atom is 0.229 e. The van der Waals surface area contributed by atoms with Gasteiger partial charge in [-0.1, -0.05) is 23.7 Å². The summed E-state index contributed by atoms with van der Waals surface area (Å²) in [5, 5.41) is 17.0. The number of nitrogens with zero attached hydrogens (tertiary/aromatic N) is 5. The Morgan fingerprint density at radius 2 is 1.85 bits per heavy atom. The molecular weight excluding hydrogens is 526 g/mol. The van der Waals surface area contributed by atoms with Gasteiger partial charge < -0.3 is 25.0 Å². The predicted octanol–water partition coefficient (Wildman–Crippen LogP) is 4.97. The summed E-state index contributed by atoms with van der Waals surface area (Å²) in [5.41, 5.74) is 5.43. The van der Waals surface area contributed by atoms with E-state index in [1.165, 1.54) is 24.7 Å². The third-order valence-corrected chi connectivity index (χ3v) is 8.46. The molecule has 2 aliphatic carbocycles. The summed E-state index contributed by atoms with van der Waals surface area (Å²) in [5.74, 6) is 1.79. The van der Waals surface area contributed by atoms with E-state index in [9.17, 15) is 9.90 Å². The molecule has 2 saturated carbocycles. The summed E-state index contributed by atoms with van der Waals surface area (Å²) in [6, 6.07) is 11.8. The van der Waals surface area contributed by atoms with Crippen LogP contribution in [0.25, 0.3) is 5.65 Å². The van der Waals surface area contributed by atoms with E-state index in [4.69, 9.17) is 16.6 Å². The van der Waals surface area contributed by atoms with Crippen molar-refractivity contribution in [1.82, 2.24) is 19.4 Å². The van der Waals surface area contributed by atoms with Gasteiger partial charge in [-0.15, -0.1) is 0 Å². The minimum atomic E-state index is -0.213. The topological polar surface area (TPSA) is 108 Å². The number of carbonyl (C=O) groups is 1. The number of imidazole rings is 1. The molecule has 2 atom stereocenters. The van der Waals surface area contributed by atoms with Crippen LogP contribution in [0, 0.1) is 5.92 Å². The van der Waals surface area contributed by atoms with Crippen molar-refractivity contribution < 1.29 is 9.90 Å². The second-order valence-corrected chi connectivity index (χ2v) is 11.7. The molecule has 3 fully saturated rings. The molecule has 206 valence electrons. The highest BCUT2D eigenvalue weighted by atomic mass is 35.5. The number of amides is 1. The number of hydrogen-bond donors (Lipinski definition) is 3. The van der Waals surface area contributed by atoms with Crippen LogP contribution in [0.2, 0.25) is 5.02 Å². The van der Waals surface area contributed by atoms with Gasteiger partial charge in [0.2, 0.25) is 5.91 Å². The van der Waals surface area contributed by atoms with Gasteiger partial charge in [-0.3, -0.25) is 4.79 Å². The minimum Gasteiger partial charge on any atom is -0.393 e. The number of carbonyl (C=O) groups excluding carboxylic acids is 1. The number of nitrogens with one attached hydrogen (secondary N) is 2. The van der Waals surface area contributed by atoms with Crippen LogP contribution in [0.1, 0.15) is 60.8 Å². The fraction of sp³-hybridized carbons (Fsp3) is 0.400. The lowest BCUT2D eigenvalue weighted by atomic mass is 10.1. The highest BCUT2D eigenvalue weighted by Crippen LogP contribution is 2.48. The van der Waals surface area contributed by atoms with Crippen molar-refractivity contribution in [3.05, 3.63) is 77.0 Å². The molecule has 3 aliphatic rings. The van der Waals surface area contributed by atoms with E-state index in [0.717, 1.165) is 54.9 Å². The lowest BCUT2D eigenvalue weighted by molar-refractivity contribution is -0.117. The van der Waals surface area contributed by atoms with Gasteiger partial charge in [0.1, 0.15) is 18.0 Å². The Morgan fingerprint density at radius 3 is 2.65 bits per heavy atom. The number of rotatable bonds is 8. The Balaban J connectivity index is 1.03. The van der Waals surface area contributed by atoms with Crippen molar-refractivity contribution in [2.45, 2.75) is 56.6 Å². The molecule has 1 aromatic carbocycles. The lowest BCUT2D eigenvalue weighted by Gasteiger charge is -2.31. The van der Waals surface area contributed by atoms with Crippen molar-refractivity contribution >= 4 is 40.5 Å². The second kappa shape index (κ2) is 10.4. The summed E-state index contributed by atoms with van der Waals surface area (Å²) < 4.78 is 2.14. The highest BCUT2D eigenvalue weighted by Gasteiger charge is 2.44. The number of piperidine rings is 1. The first-order chi connectivity index (χ1) is 19.5. The minimum absolute atomic E-state index is 0.0424. The molecule has 1 unspecified atom stereocenters. The van der Waals surface area contributed by atoms with Gasteiger partial charge in [-0.25, -0.2) is 15.0 Å². The number of fused-ring (bicyclic) bond motifs is 1. The van der Waals surface area contributed by atoms with Crippen LogP contribution in [0.4, 0.5) is 17.3 Å². The van der Waals surface area contributed by atoms with Crippen LogP contribution in [0.15, 0.2) is 55.1 Å². The van der Waals surface area contributed by atoms with Crippen LogP contribution in [-0.2, 0) is 11.3 Å². The molecule has 0 bridgehead atoms. The van der Waals surface area contributed by atoms with Crippen molar-refractivity contribution in [2.24, 2.45) is 5.92 Å². The molecule has 40 heavy (non-hydrogen) atoms. The van der Waals surface area contributed by atoms with Crippen LogP contribution in [0.5, 0.6) is 0 Å². The number of halogens is 1. The monoisotopic (exact) mass is 557 g/mol. The Labute approximate surface area is 237 Å². The number of pyridine rings is 1. The summed E-state index contributed by atoms with van der Waals surface area (Å²) in [6.07, 6.45) is 10.4. The average Bonchev–Trinajstić information content (AvgIpc) is 3.88. The Hall–Kier alpha value is -3.69. The molecular formula is C30H32ClN7O2. The van der Waals surface area contributed by atoms with Crippen molar-refractivity contribution in [3.63, 3.8) is 0 Å². The fourth-order valence-electron chi connectivity index (χ4n) is 5.73. The normalized spacial score (nSPS) is 21.0. The van der Waals surface area contributed by atoms with Gasteiger partial charge in [0.15, 0.2) is 5.65 Å². The summed E-state index contributed by atoms with van der Waals surface area (Å²) in [7, 11) is 0. The van der Waals surface area contributed by atoms with Crippen LogP contribution >= 0.6 is 11.6 Å². The first-order valence-electron chi connectivity index (χ1n) is 14.1. The third-order valence-electron chi connectivity index (χ3n) is 8.23. The fourth-order valence-corrected chi connectivity index (χ4v) is 5.93. The number of hydrogen-bond acceptors (Lipinski definition) is 7. The van der Waals surface area contributed by atoms with E-state index in [-0.39, 0.29) is 23.8 Å². The standard InChI is InChI=1S/C30H32ClN7O2/c31-21-3-1-2-19(10-21)24-12-25(24)30(40)36-28-13-27(33-17-34-28)32-14-22-16-38-15-20(18-4-5-18)11-26(29(38)35-22)37-8-6-23(39)7-9-37/h1-3,10-11,13,15-18,23-25,39H,4-9,12,14H2,(H2,32,33,34,36,40)/t24?,25-/m0/s1. The van der Waals surface area contributed by atoms with E-state index in [1.807, 2.05) is 24.3 Å². The molecule has 1 aliphatic heterocycles. The van der Waals surface area contributed by atoms with E-state index < -0.39 is 0 Å². The zero-order valence-electron chi connectivity index (χ0n) is 22.1. The number of benzene rings is 1. The predicted molar refractivity (Wildman–Crippen MR) is 155 cm³/mol. The molecule has 10 heteroatoms. The first kappa shape index (κ1) is 25.3. The molecule has 0 spiro atoms. The summed E-state index contributed by atoms with van der Waals surface area (Å²) >= 11 is 6.12. The average molecular weight is 558 g/mol. The van der Waals surface area contributed by atoms with E-state index in [1.54, 1.807) is 6.07 Å². The molecule has 1 saturated heterocycles. The lowest BCUT2D eigenvalue weighted by Crippen LogP contribution is -2.36. The van der Waals surface area contributed by atoms with Gasteiger partial charge in [0.05, 0.1) is 24.0 Å². The SMILES string of the molecule is O=C(Nc1cc(NCc2cn3cc(C4CC4)cc(N4CCC(O)CC4)c3n2)ncn1)[C@H]1CC1c1cccc(Cl)c1. The molecule has 0 radical (unpaired) electrons. The van der Waals surface area contributed by atoms with Crippen molar-refractivity contribution in [3.8, 4) is 0 Å². The van der Waals surface area contributed by atoms with Crippen molar-refractivity contribution in [1.29, 1.82) is 0 Å². The van der Waals surface area contributed by atoms with Crippen molar-refractivity contribution in [2.75, 3.05) is 28.6 Å². The van der Waals surface area contributed by atoms with Crippen LogP contribution in [0.3, 0.4) is 0 Å². The zero-order valence-corrected chi connectivity index (χ0v) is 22.9. The molecule has 7 rings (SSSR count). The number of aliphatic hydroxyl groups excluding tert-OH is 1. The molecule has 4 heterocycles. The number of aromatic nitrogens is 4. The van der Waals surface area contributed by atoms with Gasteiger partial charge in [-0.2, -0.15) is 0 Å². The Kier molecular flexibility index (Phi) is 6.56. The smallest absolute Gasteiger partial charge is 0.229 e. The third kappa shape index (κ3) is 5.36. The number of aliphatic hydroxyl groups is 1. The van der Waals surface area contributed by atoms with E-state index in [2.05, 4.69) is 48.4 Å².